The van der Waals surface area contributed by atoms with Crippen LogP contribution in [0.3, 0.4) is 0 Å². The van der Waals surface area contributed by atoms with Crippen molar-refractivity contribution >= 4 is 35.6 Å². The van der Waals surface area contributed by atoms with E-state index in [9.17, 15) is 24.3 Å². The minimum Gasteiger partial charge on any atom is -0.480 e. The van der Waals surface area contributed by atoms with Crippen molar-refractivity contribution in [3.05, 3.63) is 0 Å². The van der Waals surface area contributed by atoms with Gasteiger partial charge in [0.2, 0.25) is 17.9 Å². The smallest absolute Gasteiger partial charge is 0.327 e. The summed E-state index contributed by atoms with van der Waals surface area (Å²) in [6.07, 6.45) is 5.82. The fourth-order valence-corrected chi connectivity index (χ4v) is 5.93. The number of nitrogens with one attached hydrogen (secondary N) is 1. The second-order valence-corrected chi connectivity index (χ2v) is 9.58. The van der Waals surface area contributed by atoms with Crippen molar-refractivity contribution in [1.82, 2.24) is 10.2 Å². The first-order chi connectivity index (χ1) is 12.2. The molecule has 0 spiro atoms. The zero-order chi connectivity index (χ0) is 19.1. The number of aliphatic carboxylic acids is 1. The third-order valence-corrected chi connectivity index (χ3v) is 7.12. The number of nitrogens with zero attached hydrogens (tertiary/aromatic N) is 2. The van der Waals surface area contributed by atoms with Gasteiger partial charge in [0.25, 0.3) is 0 Å². The Kier molecular flexibility index (Phi) is 4.88. The molecule has 2 amide bonds. The van der Waals surface area contributed by atoms with E-state index in [-0.39, 0.29) is 23.6 Å². The summed E-state index contributed by atoms with van der Waals surface area (Å²) in [5, 5.41) is 11.8. The number of fused-ring (bicyclic) bond motifs is 1. The second-order valence-electron chi connectivity index (χ2n) is 7.81. The summed E-state index contributed by atoms with van der Waals surface area (Å²) >= 11 is 1.39. The minimum absolute atomic E-state index is 0.0508. The average Bonchev–Trinajstić information content (AvgIpc) is 2.82. The number of carboxylic acid groups (broad SMARTS) is 1. The van der Waals surface area contributed by atoms with Gasteiger partial charge in [-0.3, -0.25) is 9.59 Å². The highest BCUT2D eigenvalue weighted by Gasteiger charge is 2.64. The van der Waals surface area contributed by atoms with Gasteiger partial charge in [-0.15, -0.1) is 11.8 Å². The largest absolute Gasteiger partial charge is 0.480 e. The number of carboxylic acids is 1. The fourth-order valence-electron chi connectivity index (χ4n) is 4.30. The number of hydrogen-bond donors (Lipinski definition) is 2. The number of β-lactam (4-membered cyclic amide) rings is 1. The first-order valence-corrected chi connectivity index (χ1v) is 9.70. The molecule has 0 aromatic rings. The molecule has 26 heavy (non-hydrogen) atoms. The number of rotatable bonds is 5. The zero-order valence-electron chi connectivity index (χ0n) is 14.9. The molecule has 3 rings (SSSR count). The molecule has 3 atom stereocenters. The quantitative estimate of drug-likeness (QED) is 0.418. The van der Waals surface area contributed by atoms with E-state index < -0.39 is 28.3 Å². The molecule has 8 nitrogen and oxygen atoms in total. The molecule has 9 heteroatoms. The Morgan fingerprint density at radius 2 is 2.00 bits per heavy atom. The van der Waals surface area contributed by atoms with Crippen LogP contribution in [-0.2, 0) is 19.2 Å². The van der Waals surface area contributed by atoms with Crippen LogP contribution >= 0.6 is 11.8 Å². The monoisotopic (exact) mass is 381 g/mol. The Morgan fingerprint density at radius 1 is 1.35 bits per heavy atom. The van der Waals surface area contributed by atoms with Crippen LogP contribution < -0.4 is 5.32 Å². The van der Waals surface area contributed by atoms with Crippen LogP contribution in [-0.4, -0.2) is 61.6 Å². The summed E-state index contributed by atoms with van der Waals surface area (Å²) in [5.41, 5.74) is -0.720. The number of carbonyl (C=O) groups excluding carboxylic acids is 3. The van der Waals surface area contributed by atoms with E-state index in [1.165, 1.54) is 16.7 Å². The third-order valence-electron chi connectivity index (χ3n) is 5.55. The van der Waals surface area contributed by atoms with E-state index in [4.69, 9.17) is 0 Å². The summed E-state index contributed by atoms with van der Waals surface area (Å²) in [5.74, 6) is -1.74. The van der Waals surface area contributed by atoms with Crippen molar-refractivity contribution in [3.8, 4) is 0 Å². The molecule has 0 aromatic carbocycles. The first-order valence-electron chi connectivity index (χ1n) is 8.82. The second kappa shape index (κ2) is 6.70. The third kappa shape index (κ3) is 3.14. The SMILES string of the molecule is CC1(C)S[C@@H]2[C@H](NC(=O)CC3(N=C=O)CCCCC3)C(=O)N2[C@H]1C(=O)O. The van der Waals surface area contributed by atoms with E-state index in [1.807, 2.05) is 0 Å². The maximum atomic E-state index is 12.5. The summed E-state index contributed by atoms with van der Waals surface area (Å²) in [7, 11) is 0. The molecule has 1 aliphatic carbocycles. The fraction of sp³-hybridized carbons (Fsp3) is 0.765. The molecule has 0 unspecified atom stereocenters. The first kappa shape index (κ1) is 18.9. The lowest BCUT2D eigenvalue weighted by molar-refractivity contribution is -0.161. The molecule has 142 valence electrons. The average molecular weight is 381 g/mol. The molecule has 0 radical (unpaired) electrons. The van der Waals surface area contributed by atoms with Crippen LogP contribution in [0.1, 0.15) is 52.4 Å². The lowest BCUT2D eigenvalue weighted by Crippen LogP contribution is -2.70. The molecule has 2 aliphatic heterocycles. The molecule has 2 N–H and O–H groups in total. The van der Waals surface area contributed by atoms with Gasteiger partial charge in [0.05, 0.1) is 12.0 Å². The number of carbonyl (C=O) groups is 3. The van der Waals surface area contributed by atoms with Gasteiger partial charge in [-0.1, -0.05) is 19.3 Å². The summed E-state index contributed by atoms with van der Waals surface area (Å²) < 4.78 is -0.627. The highest BCUT2D eigenvalue weighted by atomic mass is 32.2. The van der Waals surface area contributed by atoms with Gasteiger partial charge in [-0.2, -0.15) is 4.99 Å². The molecular formula is C17H23N3O5S. The lowest BCUT2D eigenvalue weighted by Gasteiger charge is -2.44. The summed E-state index contributed by atoms with van der Waals surface area (Å²) in [6.45, 7) is 3.58. The summed E-state index contributed by atoms with van der Waals surface area (Å²) in [6, 6.07) is -1.63. The number of thioether (sulfide) groups is 1. The summed E-state index contributed by atoms with van der Waals surface area (Å²) in [4.78, 5) is 52.5. The molecule has 0 bridgehead atoms. The van der Waals surface area contributed by atoms with Crippen molar-refractivity contribution in [2.24, 2.45) is 4.99 Å². The van der Waals surface area contributed by atoms with Crippen LogP contribution in [0.5, 0.6) is 0 Å². The van der Waals surface area contributed by atoms with Gasteiger partial charge < -0.3 is 15.3 Å². The van der Waals surface area contributed by atoms with Crippen molar-refractivity contribution in [2.45, 2.75) is 80.1 Å². The molecular weight excluding hydrogens is 358 g/mol. The topological polar surface area (TPSA) is 116 Å². The molecule has 3 aliphatic rings. The van der Waals surface area contributed by atoms with E-state index in [2.05, 4.69) is 10.3 Å². The Bertz CT molecular complexity index is 682. The Hall–Kier alpha value is -1.86. The predicted octanol–water partition coefficient (Wildman–Crippen LogP) is 1.05. The number of amides is 2. The predicted molar refractivity (Wildman–Crippen MR) is 94.2 cm³/mol. The maximum absolute atomic E-state index is 12.5. The molecule has 2 heterocycles. The number of hydrogen-bond acceptors (Lipinski definition) is 6. The van der Waals surface area contributed by atoms with Gasteiger partial charge in [0, 0.05) is 4.75 Å². The van der Waals surface area contributed by atoms with Crippen LogP contribution in [0, 0.1) is 0 Å². The highest BCUT2D eigenvalue weighted by molar-refractivity contribution is 8.01. The van der Waals surface area contributed by atoms with E-state index in [0.717, 1.165) is 19.3 Å². The van der Waals surface area contributed by atoms with Crippen molar-refractivity contribution in [1.29, 1.82) is 0 Å². The van der Waals surface area contributed by atoms with Crippen LogP contribution in [0.25, 0.3) is 0 Å². The van der Waals surface area contributed by atoms with Crippen LogP contribution in [0.2, 0.25) is 0 Å². The van der Waals surface area contributed by atoms with Gasteiger partial charge in [0.15, 0.2) is 0 Å². The molecule has 3 fully saturated rings. The highest BCUT2D eigenvalue weighted by Crippen LogP contribution is 2.50. The standard InChI is InChI=1S/C17H23N3O5S/c1-16(2)12(15(24)25)20-13(23)11(14(20)26-16)19-10(22)8-17(18-9-21)6-4-3-5-7-17/h11-12,14H,3-8H2,1-2H3,(H,19,22)(H,24,25)/t11-,12+,14-/m1/s1. The Balaban J connectivity index is 1.67. The van der Waals surface area contributed by atoms with Gasteiger partial charge in [-0.25, -0.2) is 9.59 Å². The van der Waals surface area contributed by atoms with E-state index in [0.29, 0.717) is 12.8 Å². The van der Waals surface area contributed by atoms with E-state index >= 15 is 0 Å². The zero-order valence-corrected chi connectivity index (χ0v) is 15.7. The molecule has 1 saturated carbocycles. The van der Waals surface area contributed by atoms with E-state index in [1.54, 1.807) is 19.9 Å². The van der Waals surface area contributed by atoms with Crippen LogP contribution in [0.15, 0.2) is 4.99 Å². The molecule has 2 saturated heterocycles. The lowest BCUT2D eigenvalue weighted by atomic mass is 9.79. The van der Waals surface area contributed by atoms with Crippen LogP contribution in [0.4, 0.5) is 0 Å². The van der Waals surface area contributed by atoms with Gasteiger partial charge in [0.1, 0.15) is 17.5 Å². The van der Waals surface area contributed by atoms with Crippen molar-refractivity contribution in [2.75, 3.05) is 0 Å². The van der Waals surface area contributed by atoms with Crippen molar-refractivity contribution < 1.29 is 24.3 Å². The number of isocyanates is 1. The normalized spacial score (nSPS) is 31.4. The van der Waals surface area contributed by atoms with Crippen molar-refractivity contribution in [3.63, 3.8) is 0 Å². The molecule has 0 aromatic heterocycles. The maximum Gasteiger partial charge on any atom is 0.327 e. The number of aliphatic imine (C=N–C) groups is 1. The van der Waals surface area contributed by atoms with Gasteiger partial charge in [-0.05, 0) is 26.7 Å². The Labute approximate surface area is 155 Å². The Morgan fingerprint density at radius 3 is 2.58 bits per heavy atom. The minimum atomic E-state index is -1.04. The van der Waals surface area contributed by atoms with Gasteiger partial charge >= 0.3 is 5.97 Å².